The van der Waals surface area contributed by atoms with Crippen molar-refractivity contribution in [2.45, 2.75) is 32.5 Å². The van der Waals surface area contributed by atoms with E-state index in [0.717, 1.165) is 11.1 Å². The summed E-state index contributed by atoms with van der Waals surface area (Å²) >= 11 is 6.14. The lowest BCUT2D eigenvalue weighted by molar-refractivity contribution is -0.130. The summed E-state index contributed by atoms with van der Waals surface area (Å²) in [6, 6.07) is 5.55. The van der Waals surface area contributed by atoms with Gasteiger partial charge in [0.05, 0.1) is 12.5 Å². The van der Waals surface area contributed by atoms with Crippen LogP contribution in [0.2, 0.25) is 5.02 Å². The predicted molar refractivity (Wildman–Crippen MR) is 102 cm³/mol. The number of likely N-dealkylation sites (tertiary alicyclic amines) is 1. The van der Waals surface area contributed by atoms with Gasteiger partial charge in [-0.25, -0.2) is 5.12 Å². The molecule has 3 heterocycles. The standard InChI is InChI=1S/C18H20ClN7O2/c1-11-20-24-26(23-11)10-14-7-16(19)5-3-13(14)4-6-17(27)25-8-15(9-25)18-22-21-12(2)28-18/h3-7,11,15,23H,8-10H2,1-2H3. The summed E-state index contributed by atoms with van der Waals surface area (Å²) in [5.74, 6) is 1.18. The molecule has 0 bridgehead atoms. The van der Waals surface area contributed by atoms with Gasteiger partial charge < -0.3 is 9.32 Å². The molecule has 4 rings (SSSR count). The molecule has 1 amide bonds. The highest BCUT2D eigenvalue weighted by Crippen LogP contribution is 2.26. The molecule has 1 fully saturated rings. The summed E-state index contributed by atoms with van der Waals surface area (Å²) in [7, 11) is 0. The van der Waals surface area contributed by atoms with Crippen molar-refractivity contribution in [3.63, 3.8) is 0 Å². The maximum Gasteiger partial charge on any atom is 0.246 e. The number of hydrazine groups is 1. The molecule has 2 aliphatic heterocycles. The number of carbonyl (C=O) groups is 1. The lowest BCUT2D eigenvalue weighted by Crippen LogP contribution is -2.47. The Morgan fingerprint density at radius 3 is 2.89 bits per heavy atom. The smallest absolute Gasteiger partial charge is 0.246 e. The Hall–Kier alpha value is -2.78. The number of rotatable bonds is 5. The third kappa shape index (κ3) is 4.05. The number of hydrogen-bond acceptors (Lipinski definition) is 8. The number of halogens is 1. The van der Waals surface area contributed by atoms with Crippen molar-refractivity contribution in [2.24, 2.45) is 10.3 Å². The molecular weight excluding hydrogens is 382 g/mol. The van der Waals surface area contributed by atoms with E-state index in [-0.39, 0.29) is 18.0 Å². The van der Waals surface area contributed by atoms with E-state index in [4.69, 9.17) is 16.0 Å². The molecule has 0 saturated carbocycles. The molecule has 1 N–H and O–H groups in total. The highest BCUT2D eigenvalue weighted by molar-refractivity contribution is 6.30. The second kappa shape index (κ2) is 7.69. The van der Waals surface area contributed by atoms with E-state index in [1.807, 2.05) is 19.1 Å². The van der Waals surface area contributed by atoms with Crippen LogP contribution in [0, 0.1) is 6.92 Å². The summed E-state index contributed by atoms with van der Waals surface area (Å²) in [5.41, 5.74) is 4.96. The number of nitrogens with zero attached hydrogens (tertiary/aromatic N) is 6. The fourth-order valence-electron chi connectivity index (χ4n) is 3.08. The first-order valence-corrected chi connectivity index (χ1v) is 9.35. The van der Waals surface area contributed by atoms with Gasteiger partial charge in [0.1, 0.15) is 6.17 Å². The molecule has 28 heavy (non-hydrogen) atoms. The molecule has 0 aliphatic carbocycles. The number of nitrogens with one attached hydrogen (secondary N) is 1. The molecule has 1 unspecified atom stereocenters. The number of aryl methyl sites for hydroxylation is 1. The van der Waals surface area contributed by atoms with Gasteiger partial charge in [0.25, 0.3) is 0 Å². The molecule has 0 radical (unpaired) electrons. The van der Waals surface area contributed by atoms with Crippen molar-refractivity contribution in [2.75, 3.05) is 13.1 Å². The van der Waals surface area contributed by atoms with Crippen LogP contribution in [0.5, 0.6) is 0 Å². The Morgan fingerprint density at radius 2 is 2.21 bits per heavy atom. The molecule has 0 spiro atoms. The first kappa shape index (κ1) is 18.6. The van der Waals surface area contributed by atoms with E-state index < -0.39 is 0 Å². The monoisotopic (exact) mass is 401 g/mol. The lowest BCUT2D eigenvalue weighted by Gasteiger charge is -2.36. The molecule has 10 heteroatoms. The second-order valence-electron chi connectivity index (χ2n) is 6.84. The van der Waals surface area contributed by atoms with Crippen LogP contribution < -0.4 is 5.43 Å². The Kier molecular flexibility index (Phi) is 5.10. The van der Waals surface area contributed by atoms with Gasteiger partial charge in [-0.3, -0.25) is 4.79 Å². The predicted octanol–water partition coefficient (Wildman–Crippen LogP) is 2.70. The highest BCUT2D eigenvalue weighted by atomic mass is 35.5. The Morgan fingerprint density at radius 1 is 1.39 bits per heavy atom. The molecule has 2 aliphatic rings. The van der Waals surface area contributed by atoms with E-state index in [9.17, 15) is 4.79 Å². The van der Waals surface area contributed by atoms with Gasteiger partial charge in [0.15, 0.2) is 0 Å². The van der Waals surface area contributed by atoms with Gasteiger partial charge in [-0.2, -0.15) is 5.43 Å². The van der Waals surface area contributed by atoms with E-state index in [0.29, 0.717) is 36.4 Å². The average molecular weight is 402 g/mol. The molecule has 9 nitrogen and oxygen atoms in total. The van der Waals surface area contributed by atoms with Crippen LogP contribution in [-0.4, -0.2) is 45.4 Å². The van der Waals surface area contributed by atoms with Crippen LogP contribution in [0.25, 0.3) is 6.08 Å². The van der Waals surface area contributed by atoms with Crippen molar-refractivity contribution in [1.29, 1.82) is 0 Å². The van der Waals surface area contributed by atoms with Crippen molar-refractivity contribution >= 4 is 23.6 Å². The number of amides is 1. The fourth-order valence-corrected chi connectivity index (χ4v) is 3.27. The van der Waals surface area contributed by atoms with Crippen LogP contribution >= 0.6 is 11.6 Å². The molecule has 146 valence electrons. The average Bonchev–Trinajstić information content (AvgIpc) is 3.21. The summed E-state index contributed by atoms with van der Waals surface area (Å²) in [5, 5.41) is 18.2. The largest absolute Gasteiger partial charge is 0.425 e. The molecule has 2 aromatic rings. The second-order valence-corrected chi connectivity index (χ2v) is 7.28. The Bertz CT molecular complexity index is 936. The first-order valence-electron chi connectivity index (χ1n) is 8.98. The van der Waals surface area contributed by atoms with Crippen LogP contribution in [0.15, 0.2) is 39.0 Å². The number of aromatic nitrogens is 2. The Balaban J connectivity index is 1.39. The molecule has 1 aromatic heterocycles. The van der Waals surface area contributed by atoms with Gasteiger partial charge in [-0.15, -0.1) is 15.3 Å². The normalized spacial score (nSPS) is 19.6. The lowest BCUT2D eigenvalue weighted by atomic mass is 10.00. The summed E-state index contributed by atoms with van der Waals surface area (Å²) in [6.45, 7) is 5.31. The molecule has 1 saturated heterocycles. The molecular formula is C18H20ClN7O2. The third-order valence-electron chi connectivity index (χ3n) is 4.58. The Labute approximate surface area is 167 Å². The highest BCUT2D eigenvalue weighted by Gasteiger charge is 2.34. The van der Waals surface area contributed by atoms with E-state index in [2.05, 4.69) is 26.0 Å². The van der Waals surface area contributed by atoms with E-state index in [1.54, 1.807) is 35.2 Å². The zero-order chi connectivity index (χ0) is 19.7. The van der Waals surface area contributed by atoms with Gasteiger partial charge in [-0.05, 0) is 36.3 Å². The third-order valence-corrected chi connectivity index (χ3v) is 4.82. The maximum atomic E-state index is 12.4. The SMILES string of the molecule is Cc1nnc(C2CN(C(=O)C=Cc3ccc(Cl)cc3CN3N=NC(C)N3)C2)o1. The fraction of sp³-hybridized carbons (Fsp3) is 0.389. The first-order chi connectivity index (χ1) is 13.5. The van der Waals surface area contributed by atoms with Crippen molar-refractivity contribution in [1.82, 2.24) is 25.6 Å². The van der Waals surface area contributed by atoms with Gasteiger partial charge in [-0.1, -0.05) is 22.9 Å². The topological polar surface area (TPSA) is 99.2 Å². The summed E-state index contributed by atoms with van der Waals surface area (Å²) < 4.78 is 5.42. The summed E-state index contributed by atoms with van der Waals surface area (Å²) in [6.07, 6.45) is 3.32. The van der Waals surface area contributed by atoms with Crippen molar-refractivity contribution in [3.05, 3.63) is 52.2 Å². The zero-order valence-corrected chi connectivity index (χ0v) is 16.3. The summed E-state index contributed by atoms with van der Waals surface area (Å²) in [4.78, 5) is 14.2. The number of benzene rings is 1. The van der Waals surface area contributed by atoms with Gasteiger partial charge >= 0.3 is 0 Å². The molecule has 1 aromatic carbocycles. The van der Waals surface area contributed by atoms with Crippen molar-refractivity contribution in [3.8, 4) is 0 Å². The van der Waals surface area contributed by atoms with Gasteiger partial charge in [0, 0.05) is 31.1 Å². The van der Waals surface area contributed by atoms with Crippen LogP contribution in [-0.2, 0) is 11.3 Å². The van der Waals surface area contributed by atoms with Crippen molar-refractivity contribution < 1.29 is 9.21 Å². The zero-order valence-electron chi connectivity index (χ0n) is 15.5. The number of carbonyl (C=O) groups excluding carboxylic acids is 1. The minimum absolute atomic E-state index is 0.0539. The quantitative estimate of drug-likeness (QED) is 0.773. The minimum Gasteiger partial charge on any atom is -0.425 e. The van der Waals surface area contributed by atoms with E-state index in [1.165, 1.54) is 0 Å². The van der Waals surface area contributed by atoms with Crippen LogP contribution in [0.4, 0.5) is 0 Å². The minimum atomic E-state index is -0.0546. The maximum absolute atomic E-state index is 12.4. The van der Waals surface area contributed by atoms with Gasteiger partial charge in [0.2, 0.25) is 17.7 Å². The molecule has 1 atom stereocenters. The van der Waals surface area contributed by atoms with E-state index >= 15 is 0 Å². The van der Waals surface area contributed by atoms with Crippen LogP contribution in [0.1, 0.15) is 35.7 Å². The number of hydrogen-bond donors (Lipinski definition) is 1. The van der Waals surface area contributed by atoms with Crippen LogP contribution in [0.3, 0.4) is 0 Å².